The van der Waals surface area contributed by atoms with E-state index in [1.807, 2.05) is 13.8 Å². The summed E-state index contributed by atoms with van der Waals surface area (Å²) in [6.45, 7) is 4.10. The molecule has 3 rings (SSSR count). The van der Waals surface area contributed by atoms with Gasteiger partial charge in [-0.2, -0.15) is 5.10 Å². The fraction of sp³-hybridized carbons (Fsp3) is 0.381. The number of fused-ring (bicyclic) bond motifs is 1. The van der Waals surface area contributed by atoms with Gasteiger partial charge in [-0.25, -0.2) is 5.43 Å². The number of hydrogen-bond acceptors (Lipinski definition) is 5. The predicted octanol–water partition coefficient (Wildman–Crippen LogP) is 3.48. The number of nitrogens with one attached hydrogen (secondary N) is 2. The maximum atomic E-state index is 12.6. The van der Waals surface area contributed by atoms with Crippen molar-refractivity contribution in [2.45, 2.75) is 39.2 Å². The SMILES string of the molecule is COCC(C)NC(=O)c1oc2c(c1C)/C(=N/NC(=O)c1ccc(Cl)cc1)CCC2. The lowest BCUT2D eigenvalue weighted by Gasteiger charge is -2.13. The standard InChI is InChI=1S/C21H24ClN3O4/c1-12(11-28-3)23-21(27)19-13(2)18-16(5-4-6-17(18)29-19)24-25-20(26)14-7-9-15(22)10-8-14/h7-10,12H,4-6,11H2,1-3H3,(H,23,27)(H,25,26)/b24-16+. The number of methoxy groups -OCH3 is 1. The second-order valence-electron chi connectivity index (χ2n) is 7.04. The van der Waals surface area contributed by atoms with Crippen molar-refractivity contribution in [3.05, 3.63) is 57.5 Å². The highest BCUT2D eigenvalue weighted by atomic mass is 35.5. The van der Waals surface area contributed by atoms with Gasteiger partial charge >= 0.3 is 0 Å². The molecule has 29 heavy (non-hydrogen) atoms. The van der Waals surface area contributed by atoms with Gasteiger partial charge < -0.3 is 14.5 Å². The van der Waals surface area contributed by atoms with Crippen LogP contribution in [0.1, 0.15) is 57.6 Å². The molecular weight excluding hydrogens is 394 g/mol. The van der Waals surface area contributed by atoms with Crippen molar-refractivity contribution in [1.82, 2.24) is 10.7 Å². The monoisotopic (exact) mass is 417 g/mol. The van der Waals surface area contributed by atoms with Crippen LogP contribution in [-0.2, 0) is 11.2 Å². The summed E-state index contributed by atoms with van der Waals surface area (Å²) in [4.78, 5) is 24.9. The van der Waals surface area contributed by atoms with Crippen LogP contribution < -0.4 is 10.7 Å². The number of carbonyl (C=O) groups is 2. The molecule has 2 amide bonds. The summed E-state index contributed by atoms with van der Waals surface area (Å²) in [5.41, 5.74) is 5.29. The molecule has 1 unspecified atom stereocenters. The van der Waals surface area contributed by atoms with Crippen LogP contribution in [0.25, 0.3) is 0 Å². The van der Waals surface area contributed by atoms with Crippen molar-refractivity contribution in [2.75, 3.05) is 13.7 Å². The second-order valence-corrected chi connectivity index (χ2v) is 7.48. The predicted molar refractivity (Wildman–Crippen MR) is 111 cm³/mol. The van der Waals surface area contributed by atoms with Gasteiger partial charge in [0, 0.05) is 41.3 Å². The van der Waals surface area contributed by atoms with Crippen molar-refractivity contribution >= 4 is 29.1 Å². The number of nitrogens with zero attached hydrogens (tertiary/aromatic N) is 1. The first-order valence-corrected chi connectivity index (χ1v) is 9.83. The third-order valence-corrected chi connectivity index (χ3v) is 4.98. The molecule has 154 valence electrons. The van der Waals surface area contributed by atoms with Gasteiger partial charge in [0.25, 0.3) is 11.8 Å². The summed E-state index contributed by atoms with van der Waals surface area (Å²) in [5.74, 6) is 0.383. The summed E-state index contributed by atoms with van der Waals surface area (Å²) in [6, 6.07) is 6.44. The number of rotatable bonds is 6. The molecule has 0 bridgehead atoms. The molecule has 0 radical (unpaired) electrons. The van der Waals surface area contributed by atoms with E-state index in [0.717, 1.165) is 29.7 Å². The second kappa shape index (κ2) is 9.24. The molecule has 1 aliphatic rings. The van der Waals surface area contributed by atoms with Gasteiger partial charge in [-0.1, -0.05) is 11.6 Å². The first-order chi connectivity index (χ1) is 13.9. The number of hydrazone groups is 1. The summed E-state index contributed by atoms with van der Waals surface area (Å²) < 4.78 is 10.9. The Morgan fingerprint density at radius 1 is 1.24 bits per heavy atom. The molecule has 8 heteroatoms. The van der Waals surface area contributed by atoms with E-state index in [1.54, 1.807) is 31.4 Å². The lowest BCUT2D eigenvalue weighted by Crippen LogP contribution is -2.35. The van der Waals surface area contributed by atoms with Crippen LogP contribution in [0.2, 0.25) is 5.02 Å². The quantitative estimate of drug-likeness (QED) is 0.704. The van der Waals surface area contributed by atoms with E-state index in [1.165, 1.54) is 0 Å². The highest BCUT2D eigenvalue weighted by Crippen LogP contribution is 2.30. The average molecular weight is 418 g/mol. The minimum absolute atomic E-state index is 0.138. The number of aryl methyl sites for hydroxylation is 1. The Kier molecular flexibility index (Phi) is 6.71. The largest absolute Gasteiger partial charge is 0.455 e. The lowest BCUT2D eigenvalue weighted by molar-refractivity contribution is 0.0874. The van der Waals surface area contributed by atoms with Crippen LogP contribution in [0.15, 0.2) is 33.8 Å². The fourth-order valence-electron chi connectivity index (χ4n) is 3.36. The van der Waals surface area contributed by atoms with E-state index in [4.69, 9.17) is 20.8 Å². The van der Waals surface area contributed by atoms with E-state index in [0.29, 0.717) is 29.3 Å². The van der Waals surface area contributed by atoms with Crippen LogP contribution in [0, 0.1) is 6.92 Å². The number of furan rings is 1. The summed E-state index contributed by atoms with van der Waals surface area (Å²) >= 11 is 5.86. The molecule has 1 aromatic carbocycles. The average Bonchev–Trinajstić information content (AvgIpc) is 3.04. The molecule has 1 heterocycles. The zero-order chi connectivity index (χ0) is 21.0. The molecule has 0 aliphatic heterocycles. The summed E-state index contributed by atoms with van der Waals surface area (Å²) in [6.07, 6.45) is 2.24. The molecule has 7 nitrogen and oxygen atoms in total. The van der Waals surface area contributed by atoms with Crippen molar-refractivity contribution in [3.63, 3.8) is 0 Å². The van der Waals surface area contributed by atoms with Crippen LogP contribution in [0.3, 0.4) is 0 Å². The van der Waals surface area contributed by atoms with Gasteiger partial charge in [0.15, 0.2) is 5.76 Å². The Morgan fingerprint density at radius 2 is 1.97 bits per heavy atom. The van der Waals surface area contributed by atoms with E-state index in [-0.39, 0.29) is 23.6 Å². The maximum Gasteiger partial charge on any atom is 0.287 e. The molecule has 0 spiro atoms. The van der Waals surface area contributed by atoms with E-state index in [2.05, 4.69) is 15.8 Å². The summed E-state index contributed by atoms with van der Waals surface area (Å²) in [5, 5.41) is 7.74. The Balaban J connectivity index is 1.80. The zero-order valence-electron chi connectivity index (χ0n) is 16.7. The Labute approximate surface area is 174 Å². The lowest BCUT2D eigenvalue weighted by atomic mass is 9.93. The van der Waals surface area contributed by atoms with Crippen molar-refractivity contribution < 1.29 is 18.7 Å². The van der Waals surface area contributed by atoms with Gasteiger partial charge in [-0.05, 0) is 51.0 Å². The molecule has 0 fully saturated rings. The Morgan fingerprint density at radius 3 is 2.66 bits per heavy atom. The third-order valence-electron chi connectivity index (χ3n) is 4.72. The molecule has 1 atom stereocenters. The fourth-order valence-corrected chi connectivity index (χ4v) is 3.49. The molecule has 1 aliphatic carbocycles. The molecular formula is C21H24ClN3O4. The maximum absolute atomic E-state index is 12.6. The topological polar surface area (TPSA) is 92.9 Å². The van der Waals surface area contributed by atoms with Crippen molar-refractivity contribution in [1.29, 1.82) is 0 Å². The van der Waals surface area contributed by atoms with Crippen LogP contribution in [-0.4, -0.2) is 37.3 Å². The van der Waals surface area contributed by atoms with Gasteiger partial charge in [0.05, 0.1) is 12.3 Å². The third kappa shape index (κ3) is 4.86. The molecule has 0 saturated heterocycles. The molecule has 2 aromatic rings. The molecule has 2 N–H and O–H groups in total. The Hall–Kier alpha value is -2.64. The zero-order valence-corrected chi connectivity index (χ0v) is 17.4. The van der Waals surface area contributed by atoms with Crippen LogP contribution >= 0.6 is 11.6 Å². The van der Waals surface area contributed by atoms with E-state index in [9.17, 15) is 9.59 Å². The van der Waals surface area contributed by atoms with E-state index < -0.39 is 0 Å². The minimum Gasteiger partial charge on any atom is -0.455 e. The van der Waals surface area contributed by atoms with Gasteiger partial charge in [-0.3, -0.25) is 9.59 Å². The van der Waals surface area contributed by atoms with Gasteiger partial charge in [0.2, 0.25) is 0 Å². The highest BCUT2D eigenvalue weighted by molar-refractivity contribution is 6.30. The first-order valence-electron chi connectivity index (χ1n) is 9.45. The molecule has 1 aromatic heterocycles. The van der Waals surface area contributed by atoms with Crippen LogP contribution in [0.5, 0.6) is 0 Å². The number of carbonyl (C=O) groups excluding carboxylic acids is 2. The van der Waals surface area contributed by atoms with Crippen molar-refractivity contribution in [3.8, 4) is 0 Å². The van der Waals surface area contributed by atoms with Gasteiger partial charge in [-0.15, -0.1) is 0 Å². The van der Waals surface area contributed by atoms with Crippen molar-refractivity contribution in [2.24, 2.45) is 5.10 Å². The number of halogens is 1. The molecule has 0 saturated carbocycles. The summed E-state index contributed by atoms with van der Waals surface area (Å²) in [7, 11) is 1.58. The smallest absolute Gasteiger partial charge is 0.287 e. The first kappa shape index (κ1) is 21.1. The van der Waals surface area contributed by atoms with Gasteiger partial charge in [0.1, 0.15) is 5.76 Å². The highest BCUT2D eigenvalue weighted by Gasteiger charge is 2.28. The number of amides is 2. The normalized spacial score (nSPS) is 15.7. The van der Waals surface area contributed by atoms with E-state index >= 15 is 0 Å². The number of ether oxygens (including phenoxy) is 1. The van der Waals surface area contributed by atoms with Crippen LogP contribution in [0.4, 0.5) is 0 Å². The minimum atomic E-state index is -0.325. The number of hydrogen-bond donors (Lipinski definition) is 2. The Bertz CT molecular complexity index is 934. The number of benzene rings is 1.